The molecule has 1 aliphatic rings. The number of amides is 1. The molecule has 1 heterocycles. The largest absolute Gasteiger partial charge is 0.495 e. The number of halogens is 1. The third-order valence-electron chi connectivity index (χ3n) is 4.24. The molecule has 29 heavy (non-hydrogen) atoms. The molecule has 0 bridgehead atoms. The standard InChI is InChI=1S/C18H26ClNO6S.C2H6/c1-18(2,3)26-17(21)20-9-7-6-8-13(20)12-10-14(24-4)16(27(19,22)23)15(11-12)25-5;1-2/h10-11,13H,6-9H2,1-5H3;1-2H3. The van der Waals surface area contributed by atoms with Crippen molar-refractivity contribution in [3.63, 3.8) is 0 Å². The first-order valence-electron chi connectivity index (χ1n) is 9.68. The predicted octanol–water partition coefficient (Wildman–Crippen LogP) is 5.12. The molecule has 0 radical (unpaired) electrons. The monoisotopic (exact) mass is 449 g/mol. The second-order valence-electron chi connectivity index (χ2n) is 7.38. The highest BCUT2D eigenvalue weighted by Gasteiger charge is 2.33. The Morgan fingerprint density at radius 1 is 1.10 bits per heavy atom. The van der Waals surface area contributed by atoms with Gasteiger partial charge in [-0.25, -0.2) is 13.2 Å². The molecule has 9 heteroatoms. The van der Waals surface area contributed by atoms with Crippen LogP contribution in [0.4, 0.5) is 4.79 Å². The molecule has 1 atom stereocenters. The molecule has 0 saturated carbocycles. The Bertz CT molecular complexity index is 779. The van der Waals surface area contributed by atoms with Gasteiger partial charge in [0, 0.05) is 17.2 Å². The highest BCUT2D eigenvalue weighted by molar-refractivity contribution is 8.13. The van der Waals surface area contributed by atoms with Gasteiger partial charge in [0.2, 0.25) is 0 Å². The van der Waals surface area contributed by atoms with E-state index in [1.165, 1.54) is 14.2 Å². The molecule has 0 aliphatic carbocycles. The summed E-state index contributed by atoms with van der Waals surface area (Å²) in [6.45, 7) is 10.0. The minimum Gasteiger partial charge on any atom is -0.495 e. The van der Waals surface area contributed by atoms with Crippen LogP contribution in [-0.2, 0) is 13.8 Å². The number of hydrogen-bond donors (Lipinski definition) is 0. The summed E-state index contributed by atoms with van der Waals surface area (Å²) in [4.78, 5) is 14.1. The van der Waals surface area contributed by atoms with Crippen molar-refractivity contribution in [1.82, 2.24) is 4.90 Å². The number of nitrogens with zero attached hydrogens (tertiary/aromatic N) is 1. The molecule has 0 aromatic heterocycles. The molecular formula is C20H32ClNO6S. The minimum atomic E-state index is -4.07. The third kappa shape index (κ3) is 6.67. The van der Waals surface area contributed by atoms with Gasteiger partial charge in [-0.2, -0.15) is 0 Å². The number of piperidine rings is 1. The minimum absolute atomic E-state index is 0.0778. The van der Waals surface area contributed by atoms with Crippen molar-refractivity contribution < 1.29 is 27.4 Å². The van der Waals surface area contributed by atoms with Crippen molar-refractivity contribution in [2.45, 2.75) is 70.4 Å². The molecular weight excluding hydrogens is 418 g/mol. The van der Waals surface area contributed by atoms with E-state index in [2.05, 4.69) is 0 Å². The summed E-state index contributed by atoms with van der Waals surface area (Å²) < 4.78 is 39.9. The Kier molecular flexibility index (Phi) is 9.09. The summed E-state index contributed by atoms with van der Waals surface area (Å²) in [6.07, 6.45) is 2.13. The second kappa shape index (κ2) is 10.4. The lowest BCUT2D eigenvalue weighted by atomic mass is 9.95. The fourth-order valence-electron chi connectivity index (χ4n) is 3.15. The van der Waals surface area contributed by atoms with Crippen molar-refractivity contribution >= 4 is 25.8 Å². The Hall–Kier alpha value is -1.67. The van der Waals surface area contributed by atoms with Gasteiger partial charge in [0.05, 0.1) is 20.3 Å². The van der Waals surface area contributed by atoms with Gasteiger partial charge in [0.1, 0.15) is 17.1 Å². The van der Waals surface area contributed by atoms with Crippen LogP contribution < -0.4 is 9.47 Å². The maximum absolute atomic E-state index is 12.7. The summed E-state index contributed by atoms with van der Waals surface area (Å²) in [5.41, 5.74) is 0.101. The molecule has 1 aromatic carbocycles. The topological polar surface area (TPSA) is 82.1 Å². The van der Waals surface area contributed by atoms with Gasteiger partial charge in [-0.1, -0.05) is 13.8 Å². The fraction of sp³-hybridized carbons (Fsp3) is 0.650. The van der Waals surface area contributed by atoms with E-state index < -0.39 is 20.7 Å². The Morgan fingerprint density at radius 2 is 1.62 bits per heavy atom. The van der Waals surface area contributed by atoms with Crippen LogP contribution in [0.1, 0.15) is 65.5 Å². The summed E-state index contributed by atoms with van der Waals surface area (Å²) in [5, 5.41) is 0. The molecule has 166 valence electrons. The molecule has 2 rings (SSSR count). The van der Waals surface area contributed by atoms with Crippen LogP contribution in [-0.4, -0.2) is 45.8 Å². The maximum atomic E-state index is 12.7. The van der Waals surface area contributed by atoms with Gasteiger partial charge in [-0.3, -0.25) is 0 Å². The van der Waals surface area contributed by atoms with Crippen LogP contribution >= 0.6 is 10.7 Å². The van der Waals surface area contributed by atoms with Gasteiger partial charge in [0.15, 0.2) is 4.90 Å². The van der Waals surface area contributed by atoms with Gasteiger partial charge >= 0.3 is 6.09 Å². The first-order chi connectivity index (χ1) is 13.5. The van der Waals surface area contributed by atoms with Gasteiger partial charge in [-0.05, 0) is 57.7 Å². The van der Waals surface area contributed by atoms with Crippen LogP contribution in [0.3, 0.4) is 0 Å². The van der Waals surface area contributed by atoms with Crippen LogP contribution in [0.15, 0.2) is 17.0 Å². The van der Waals surface area contributed by atoms with E-state index in [1.807, 2.05) is 34.6 Å². The number of hydrogen-bond acceptors (Lipinski definition) is 6. The third-order valence-corrected chi connectivity index (χ3v) is 5.60. The first kappa shape index (κ1) is 25.4. The lowest BCUT2D eigenvalue weighted by Gasteiger charge is -2.37. The number of methoxy groups -OCH3 is 2. The van der Waals surface area contributed by atoms with E-state index in [0.717, 1.165) is 19.3 Å². The average Bonchev–Trinajstić information content (AvgIpc) is 2.66. The Labute approximate surface area is 178 Å². The molecule has 0 N–H and O–H groups in total. The van der Waals surface area contributed by atoms with Gasteiger partial charge in [0.25, 0.3) is 9.05 Å². The van der Waals surface area contributed by atoms with E-state index in [1.54, 1.807) is 17.0 Å². The fourth-order valence-corrected chi connectivity index (χ4v) is 4.37. The first-order valence-corrected chi connectivity index (χ1v) is 12.0. The highest BCUT2D eigenvalue weighted by atomic mass is 35.7. The molecule has 0 spiro atoms. The lowest BCUT2D eigenvalue weighted by molar-refractivity contribution is 0.00944. The normalized spacial score (nSPS) is 17.1. The van der Waals surface area contributed by atoms with E-state index in [4.69, 9.17) is 24.9 Å². The molecule has 1 aliphatic heterocycles. The van der Waals surface area contributed by atoms with Gasteiger partial charge < -0.3 is 19.1 Å². The van der Waals surface area contributed by atoms with Crippen molar-refractivity contribution in [3.8, 4) is 11.5 Å². The second-order valence-corrected chi connectivity index (χ2v) is 9.88. The molecule has 1 saturated heterocycles. The van der Waals surface area contributed by atoms with Crippen molar-refractivity contribution in [2.75, 3.05) is 20.8 Å². The van der Waals surface area contributed by atoms with E-state index >= 15 is 0 Å². The Morgan fingerprint density at radius 3 is 2.03 bits per heavy atom. The van der Waals surface area contributed by atoms with E-state index in [-0.39, 0.29) is 22.4 Å². The predicted molar refractivity (Wildman–Crippen MR) is 113 cm³/mol. The summed E-state index contributed by atoms with van der Waals surface area (Å²) in [6, 6.07) is 2.90. The number of likely N-dealkylation sites (tertiary alicyclic amines) is 1. The van der Waals surface area contributed by atoms with Crippen molar-refractivity contribution in [2.24, 2.45) is 0 Å². The molecule has 1 amide bonds. The molecule has 1 unspecified atom stereocenters. The molecule has 1 fully saturated rings. The van der Waals surface area contributed by atoms with Gasteiger partial charge in [-0.15, -0.1) is 0 Å². The number of carbonyl (C=O) groups is 1. The Balaban J connectivity index is 0.00000204. The summed E-state index contributed by atoms with van der Waals surface area (Å²) in [7, 11) is 4.19. The number of carbonyl (C=O) groups excluding carboxylic acids is 1. The smallest absolute Gasteiger partial charge is 0.410 e. The summed E-state index contributed by atoms with van der Waals surface area (Å²) >= 11 is 0. The number of benzene rings is 1. The van der Waals surface area contributed by atoms with Crippen molar-refractivity contribution in [3.05, 3.63) is 17.7 Å². The zero-order valence-corrected chi connectivity index (χ0v) is 19.8. The zero-order valence-electron chi connectivity index (χ0n) is 18.2. The molecule has 7 nitrogen and oxygen atoms in total. The van der Waals surface area contributed by atoms with Crippen LogP contribution in [0.5, 0.6) is 11.5 Å². The number of ether oxygens (including phenoxy) is 3. The van der Waals surface area contributed by atoms with Crippen molar-refractivity contribution in [1.29, 1.82) is 0 Å². The van der Waals surface area contributed by atoms with Crippen LogP contribution in [0.2, 0.25) is 0 Å². The lowest BCUT2D eigenvalue weighted by Crippen LogP contribution is -2.41. The van der Waals surface area contributed by atoms with E-state index in [9.17, 15) is 13.2 Å². The average molecular weight is 450 g/mol. The quantitative estimate of drug-likeness (QED) is 0.593. The number of rotatable bonds is 4. The highest BCUT2D eigenvalue weighted by Crippen LogP contribution is 2.41. The summed E-state index contributed by atoms with van der Waals surface area (Å²) in [5.74, 6) is 0.156. The zero-order chi connectivity index (χ0) is 22.4. The maximum Gasteiger partial charge on any atom is 0.410 e. The van der Waals surface area contributed by atoms with Crippen LogP contribution in [0.25, 0.3) is 0 Å². The molecule has 1 aromatic rings. The van der Waals surface area contributed by atoms with Crippen LogP contribution in [0, 0.1) is 0 Å². The van der Waals surface area contributed by atoms with E-state index in [0.29, 0.717) is 12.1 Å². The SMILES string of the molecule is CC.COc1cc(C2CCCCN2C(=O)OC(C)(C)C)cc(OC)c1S(=O)(=O)Cl.